The molecule has 1 aromatic rings. The average molecular weight is 186 g/mol. The van der Waals surface area contributed by atoms with Crippen LogP contribution in [0.4, 0.5) is 0 Å². The first kappa shape index (κ1) is 9.17. The molecular formula is C11H11BO2. The highest BCUT2D eigenvalue weighted by atomic mass is 16.5. The molecule has 0 aliphatic carbocycles. The molecule has 1 aliphatic rings. The third-order valence-electron chi connectivity index (χ3n) is 2.24. The molecule has 70 valence electrons. The van der Waals surface area contributed by atoms with Crippen molar-refractivity contribution in [3.8, 4) is 18.1 Å². The van der Waals surface area contributed by atoms with Crippen LogP contribution in [0.1, 0.15) is 12.0 Å². The summed E-state index contributed by atoms with van der Waals surface area (Å²) in [7, 11) is 0.654. The average Bonchev–Trinajstić information content (AvgIpc) is 2.67. The number of hydrogen-bond donors (Lipinski definition) is 0. The van der Waals surface area contributed by atoms with E-state index >= 15 is 0 Å². The van der Waals surface area contributed by atoms with E-state index in [1.54, 1.807) is 0 Å². The molecule has 3 heteroatoms. The molecule has 0 amide bonds. The van der Waals surface area contributed by atoms with Crippen molar-refractivity contribution < 1.29 is 9.39 Å². The Balaban J connectivity index is 2.11. The standard InChI is InChI=1S/C11H11BO2/c1-2-3-7-13-10-6-4-5-9-8-14-12-11(9)10/h1,4-6,12H,3,7-8H2. The summed E-state index contributed by atoms with van der Waals surface area (Å²) in [4.78, 5) is 0. The second-order valence-electron chi connectivity index (χ2n) is 3.19. The van der Waals surface area contributed by atoms with Crippen LogP contribution >= 0.6 is 0 Å². The number of benzene rings is 1. The highest BCUT2D eigenvalue weighted by molar-refractivity contribution is 6.50. The predicted octanol–water partition coefficient (Wildman–Crippen LogP) is 0.596. The summed E-state index contributed by atoms with van der Waals surface area (Å²) in [6, 6.07) is 6.01. The zero-order valence-electron chi connectivity index (χ0n) is 7.95. The summed E-state index contributed by atoms with van der Waals surface area (Å²) in [5.74, 6) is 3.46. The lowest BCUT2D eigenvalue weighted by Crippen LogP contribution is -2.16. The maximum Gasteiger partial charge on any atom is 0.313 e. The maximum absolute atomic E-state index is 5.57. The van der Waals surface area contributed by atoms with Crippen molar-refractivity contribution in [2.75, 3.05) is 6.61 Å². The highest BCUT2D eigenvalue weighted by Crippen LogP contribution is 2.15. The van der Waals surface area contributed by atoms with Crippen LogP contribution in [-0.2, 0) is 11.3 Å². The lowest BCUT2D eigenvalue weighted by atomic mass is 9.86. The molecule has 0 spiro atoms. The summed E-state index contributed by atoms with van der Waals surface area (Å²) in [6.07, 6.45) is 5.79. The lowest BCUT2D eigenvalue weighted by Gasteiger charge is -2.07. The minimum Gasteiger partial charge on any atom is -0.493 e. The van der Waals surface area contributed by atoms with E-state index in [2.05, 4.69) is 12.0 Å². The van der Waals surface area contributed by atoms with Crippen molar-refractivity contribution in [2.45, 2.75) is 13.0 Å². The molecule has 14 heavy (non-hydrogen) atoms. The van der Waals surface area contributed by atoms with Gasteiger partial charge in [0, 0.05) is 6.42 Å². The van der Waals surface area contributed by atoms with E-state index in [1.807, 2.05) is 12.1 Å². The van der Waals surface area contributed by atoms with Gasteiger partial charge >= 0.3 is 7.48 Å². The van der Waals surface area contributed by atoms with Crippen molar-refractivity contribution in [2.24, 2.45) is 0 Å². The Kier molecular flexibility index (Phi) is 2.76. The van der Waals surface area contributed by atoms with E-state index in [1.165, 1.54) is 11.0 Å². The van der Waals surface area contributed by atoms with Gasteiger partial charge in [-0.05, 0) is 17.1 Å². The Morgan fingerprint density at radius 2 is 2.50 bits per heavy atom. The van der Waals surface area contributed by atoms with Gasteiger partial charge < -0.3 is 9.39 Å². The SMILES string of the molecule is C#CCCOc1cccc2c1BOC2. The molecule has 0 aromatic heterocycles. The zero-order chi connectivity index (χ0) is 9.80. The van der Waals surface area contributed by atoms with Crippen molar-refractivity contribution >= 4 is 12.9 Å². The summed E-state index contributed by atoms with van der Waals surface area (Å²) in [5.41, 5.74) is 2.40. The quantitative estimate of drug-likeness (QED) is 0.391. The van der Waals surface area contributed by atoms with Crippen molar-refractivity contribution in [1.29, 1.82) is 0 Å². The minimum atomic E-state index is 0.576. The first-order valence-electron chi connectivity index (χ1n) is 4.66. The van der Waals surface area contributed by atoms with Gasteiger partial charge in [0.25, 0.3) is 0 Å². The molecule has 0 atom stereocenters. The molecule has 0 radical (unpaired) electrons. The summed E-state index contributed by atoms with van der Waals surface area (Å²) in [6.45, 7) is 1.27. The summed E-state index contributed by atoms with van der Waals surface area (Å²) < 4.78 is 10.9. The van der Waals surface area contributed by atoms with Gasteiger partial charge in [-0.2, -0.15) is 0 Å². The third-order valence-corrected chi connectivity index (χ3v) is 2.24. The van der Waals surface area contributed by atoms with Crippen LogP contribution in [-0.4, -0.2) is 14.1 Å². The molecule has 0 fully saturated rings. The number of terminal acetylenes is 1. The number of rotatable bonds is 3. The topological polar surface area (TPSA) is 18.5 Å². The molecule has 1 aromatic carbocycles. The van der Waals surface area contributed by atoms with Crippen molar-refractivity contribution in [3.63, 3.8) is 0 Å². The minimum absolute atomic E-state index is 0.576. The van der Waals surface area contributed by atoms with Crippen molar-refractivity contribution in [3.05, 3.63) is 23.8 Å². The number of hydrogen-bond acceptors (Lipinski definition) is 2. The highest BCUT2D eigenvalue weighted by Gasteiger charge is 2.17. The van der Waals surface area contributed by atoms with E-state index < -0.39 is 0 Å². The van der Waals surface area contributed by atoms with Crippen LogP contribution in [0.25, 0.3) is 0 Å². The van der Waals surface area contributed by atoms with Gasteiger partial charge in [0.05, 0.1) is 13.2 Å². The summed E-state index contributed by atoms with van der Waals surface area (Å²) in [5, 5.41) is 0. The Morgan fingerprint density at radius 3 is 3.36 bits per heavy atom. The zero-order valence-corrected chi connectivity index (χ0v) is 7.95. The fourth-order valence-corrected chi connectivity index (χ4v) is 1.53. The molecule has 0 N–H and O–H groups in total. The molecule has 1 aliphatic heterocycles. The second-order valence-corrected chi connectivity index (χ2v) is 3.19. The van der Waals surface area contributed by atoms with Crippen LogP contribution < -0.4 is 10.2 Å². The van der Waals surface area contributed by atoms with Gasteiger partial charge in [-0.1, -0.05) is 12.1 Å². The Labute approximate surface area is 84.5 Å². The van der Waals surface area contributed by atoms with Crippen LogP contribution in [0.3, 0.4) is 0 Å². The van der Waals surface area contributed by atoms with E-state index in [0.717, 1.165) is 5.75 Å². The third kappa shape index (κ3) is 1.76. The van der Waals surface area contributed by atoms with Gasteiger partial charge in [0.2, 0.25) is 0 Å². The Bertz CT molecular complexity index is 368. The van der Waals surface area contributed by atoms with Crippen molar-refractivity contribution in [1.82, 2.24) is 0 Å². The second kappa shape index (κ2) is 4.21. The molecule has 0 saturated heterocycles. The number of ether oxygens (including phenoxy) is 1. The lowest BCUT2D eigenvalue weighted by molar-refractivity contribution is 0.329. The maximum atomic E-state index is 5.57. The number of fused-ring (bicyclic) bond motifs is 1. The van der Waals surface area contributed by atoms with Gasteiger partial charge in [-0.15, -0.1) is 12.3 Å². The first-order chi connectivity index (χ1) is 6.92. The predicted molar refractivity (Wildman–Crippen MR) is 57.0 cm³/mol. The molecule has 2 nitrogen and oxygen atoms in total. The van der Waals surface area contributed by atoms with E-state index in [0.29, 0.717) is 27.1 Å². The van der Waals surface area contributed by atoms with E-state index in [4.69, 9.17) is 15.8 Å². The molecule has 0 unspecified atom stereocenters. The smallest absolute Gasteiger partial charge is 0.313 e. The van der Waals surface area contributed by atoms with Gasteiger partial charge in [0.1, 0.15) is 5.75 Å². The fourth-order valence-electron chi connectivity index (χ4n) is 1.53. The van der Waals surface area contributed by atoms with Gasteiger partial charge in [-0.25, -0.2) is 0 Å². The van der Waals surface area contributed by atoms with Crippen LogP contribution in [0, 0.1) is 12.3 Å². The molecular weight excluding hydrogens is 175 g/mol. The van der Waals surface area contributed by atoms with Crippen LogP contribution in [0.5, 0.6) is 5.75 Å². The normalized spacial score (nSPS) is 12.8. The monoisotopic (exact) mass is 186 g/mol. The first-order valence-corrected chi connectivity index (χ1v) is 4.66. The molecule has 0 saturated carbocycles. The fraction of sp³-hybridized carbons (Fsp3) is 0.273. The van der Waals surface area contributed by atoms with E-state index in [-0.39, 0.29) is 0 Å². The largest absolute Gasteiger partial charge is 0.493 e. The Hall–Kier alpha value is -1.40. The summed E-state index contributed by atoms with van der Waals surface area (Å²) >= 11 is 0. The van der Waals surface area contributed by atoms with Crippen LogP contribution in [0.15, 0.2) is 18.2 Å². The van der Waals surface area contributed by atoms with Gasteiger partial charge in [0.15, 0.2) is 0 Å². The molecule has 1 heterocycles. The van der Waals surface area contributed by atoms with E-state index in [9.17, 15) is 0 Å². The van der Waals surface area contributed by atoms with Crippen LogP contribution in [0.2, 0.25) is 0 Å². The Morgan fingerprint density at radius 1 is 1.57 bits per heavy atom. The molecule has 2 rings (SSSR count). The molecule has 0 bridgehead atoms. The van der Waals surface area contributed by atoms with Gasteiger partial charge in [-0.3, -0.25) is 0 Å².